The van der Waals surface area contributed by atoms with Gasteiger partial charge in [-0.3, -0.25) is 5.32 Å². The zero-order chi connectivity index (χ0) is 12.1. The maximum absolute atomic E-state index is 9.96. The Morgan fingerprint density at radius 2 is 2.29 bits per heavy atom. The monoisotopic (exact) mass is 232 g/mol. The molecule has 3 heteroatoms. The van der Waals surface area contributed by atoms with Crippen molar-refractivity contribution in [2.24, 2.45) is 5.92 Å². The molecule has 0 fully saturated rings. The molecule has 0 heterocycles. The highest BCUT2D eigenvalue weighted by Gasteiger charge is 2.14. The molecule has 0 bridgehead atoms. The van der Waals surface area contributed by atoms with E-state index in [1.165, 1.54) is 0 Å². The fraction of sp³-hybridized carbons (Fsp3) is 0.500. The van der Waals surface area contributed by atoms with E-state index >= 15 is 0 Å². The lowest BCUT2D eigenvalue weighted by Crippen LogP contribution is -2.34. The molecule has 92 valence electrons. The average molecular weight is 232 g/mol. The Kier molecular flexibility index (Phi) is 4.29. The van der Waals surface area contributed by atoms with E-state index < -0.39 is 6.23 Å². The summed E-state index contributed by atoms with van der Waals surface area (Å²) < 4.78 is 0. The largest absolute Gasteiger partial charge is 0.374 e. The fourth-order valence-electron chi connectivity index (χ4n) is 2.16. The molecule has 2 aliphatic carbocycles. The third-order valence-corrected chi connectivity index (χ3v) is 3.27. The van der Waals surface area contributed by atoms with Crippen LogP contribution in [0.4, 0.5) is 0 Å². The molecule has 2 unspecified atom stereocenters. The van der Waals surface area contributed by atoms with Gasteiger partial charge in [0.15, 0.2) is 0 Å². The molecule has 0 saturated heterocycles. The lowest BCUT2D eigenvalue weighted by Gasteiger charge is -2.21. The van der Waals surface area contributed by atoms with Gasteiger partial charge in [0.1, 0.15) is 6.23 Å². The Morgan fingerprint density at radius 1 is 1.41 bits per heavy atom. The molecule has 0 saturated carbocycles. The van der Waals surface area contributed by atoms with E-state index in [1.54, 1.807) is 0 Å². The summed E-state index contributed by atoms with van der Waals surface area (Å²) in [5, 5.41) is 20.6. The van der Waals surface area contributed by atoms with E-state index in [4.69, 9.17) is 5.41 Å². The molecule has 3 N–H and O–H groups in total. The minimum atomic E-state index is -0.554. The summed E-state index contributed by atoms with van der Waals surface area (Å²) in [5.74, 6) is 0.437. The summed E-state index contributed by atoms with van der Waals surface area (Å²) in [4.78, 5) is 0. The molecule has 0 spiro atoms. The van der Waals surface area contributed by atoms with Crippen molar-refractivity contribution in [3.8, 4) is 0 Å². The second-order valence-corrected chi connectivity index (χ2v) is 4.68. The highest BCUT2D eigenvalue weighted by Crippen LogP contribution is 2.16. The van der Waals surface area contributed by atoms with E-state index in [9.17, 15) is 5.11 Å². The van der Waals surface area contributed by atoms with Gasteiger partial charge in [-0.05, 0) is 43.3 Å². The minimum absolute atomic E-state index is 0.437. The number of allylic oxidation sites excluding steroid dienone is 3. The van der Waals surface area contributed by atoms with Crippen molar-refractivity contribution in [3.05, 3.63) is 36.0 Å². The molecule has 3 nitrogen and oxygen atoms in total. The second kappa shape index (κ2) is 5.94. The van der Waals surface area contributed by atoms with Crippen LogP contribution in [0.1, 0.15) is 25.7 Å². The Hall–Kier alpha value is -1.19. The SMILES string of the molecule is N=C1C=CC(CNC(O)C2=CCCC=C2)CC1. The van der Waals surface area contributed by atoms with Gasteiger partial charge in [-0.15, -0.1) is 0 Å². The van der Waals surface area contributed by atoms with Crippen molar-refractivity contribution in [2.75, 3.05) is 6.54 Å². The van der Waals surface area contributed by atoms with Crippen molar-refractivity contribution in [3.63, 3.8) is 0 Å². The number of aliphatic hydroxyl groups is 1. The van der Waals surface area contributed by atoms with Crippen LogP contribution in [0, 0.1) is 11.3 Å². The number of hydrogen-bond donors (Lipinski definition) is 3. The van der Waals surface area contributed by atoms with E-state index in [0.717, 1.165) is 37.8 Å². The average Bonchev–Trinajstić information content (AvgIpc) is 2.39. The van der Waals surface area contributed by atoms with E-state index in [-0.39, 0.29) is 0 Å². The topological polar surface area (TPSA) is 56.1 Å². The van der Waals surface area contributed by atoms with Crippen molar-refractivity contribution in [1.29, 1.82) is 5.41 Å². The summed E-state index contributed by atoms with van der Waals surface area (Å²) in [7, 11) is 0. The van der Waals surface area contributed by atoms with Crippen molar-refractivity contribution in [2.45, 2.75) is 31.9 Å². The first-order valence-electron chi connectivity index (χ1n) is 6.29. The normalized spacial score (nSPS) is 25.8. The Bertz CT molecular complexity index is 368. The van der Waals surface area contributed by atoms with Crippen LogP contribution in [0.5, 0.6) is 0 Å². The molecule has 0 radical (unpaired) electrons. The molecule has 2 rings (SSSR count). The summed E-state index contributed by atoms with van der Waals surface area (Å²) in [6.07, 6.45) is 13.5. The van der Waals surface area contributed by atoms with Gasteiger partial charge < -0.3 is 10.5 Å². The van der Waals surface area contributed by atoms with Crippen LogP contribution in [0.2, 0.25) is 0 Å². The highest BCUT2D eigenvalue weighted by molar-refractivity contribution is 5.92. The standard InChI is InChI=1S/C14H20N2O/c15-13-8-6-11(7-9-13)10-16-14(17)12-4-2-1-3-5-12/h2,4-6,8,11,14-17H,1,3,7,9-10H2. The van der Waals surface area contributed by atoms with Gasteiger partial charge in [-0.25, -0.2) is 0 Å². The Morgan fingerprint density at radius 3 is 2.94 bits per heavy atom. The summed E-state index contributed by atoms with van der Waals surface area (Å²) in [5.41, 5.74) is 1.68. The third-order valence-electron chi connectivity index (χ3n) is 3.27. The molecule has 2 atom stereocenters. The molecule has 0 aliphatic heterocycles. The molecule has 0 amide bonds. The third kappa shape index (κ3) is 3.65. The molecular formula is C14H20N2O. The van der Waals surface area contributed by atoms with Crippen LogP contribution >= 0.6 is 0 Å². The zero-order valence-corrected chi connectivity index (χ0v) is 10.0. The van der Waals surface area contributed by atoms with Gasteiger partial charge in [0, 0.05) is 12.3 Å². The zero-order valence-electron chi connectivity index (χ0n) is 10.0. The fourth-order valence-corrected chi connectivity index (χ4v) is 2.16. The van der Waals surface area contributed by atoms with Crippen molar-refractivity contribution in [1.82, 2.24) is 5.32 Å². The van der Waals surface area contributed by atoms with Gasteiger partial charge in [0.05, 0.1) is 0 Å². The van der Waals surface area contributed by atoms with Crippen molar-refractivity contribution >= 4 is 5.71 Å². The van der Waals surface area contributed by atoms with E-state index in [0.29, 0.717) is 11.6 Å². The minimum Gasteiger partial charge on any atom is -0.374 e. The second-order valence-electron chi connectivity index (χ2n) is 4.68. The van der Waals surface area contributed by atoms with Crippen molar-refractivity contribution < 1.29 is 5.11 Å². The quantitative estimate of drug-likeness (QED) is 0.651. The first-order chi connectivity index (χ1) is 8.25. The summed E-state index contributed by atoms with van der Waals surface area (Å²) in [6, 6.07) is 0. The van der Waals surface area contributed by atoms with Crippen LogP contribution < -0.4 is 5.32 Å². The maximum atomic E-state index is 9.96. The van der Waals surface area contributed by atoms with Crippen LogP contribution in [-0.4, -0.2) is 23.6 Å². The summed E-state index contributed by atoms with van der Waals surface area (Å²) >= 11 is 0. The predicted octanol–water partition coefficient (Wildman–Crippen LogP) is 2.16. The van der Waals surface area contributed by atoms with Gasteiger partial charge in [-0.1, -0.05) is 24.3 Å². The number of hydrogen-bond acceptors (Lipinski definition) is 3. The van der Waals surface area contributed by atoms with E-state index in [1.807, 2.05) is 12.2 Å². The maximum Gasteiger partial charge on any atom is 0.130 e. The molecule has 0 aromatic carbocycles. The van der Waals surface area contributed by atoms with Crippen LogP contribution in [0.3, 0.4) is 0 Å². The van der Waals surface area contributed by atoms with E-state index in [2.05, 4.69) is 23.5 Å². The predicted molar refractivity (Wildman–Crippen MR) is 70.1 cm³/mol. The van der Waals surface area contributed by atoms with Crippen LogP contribution in [0.25, 0.3) is 0 Å². The van der Waals surface area contributed by atoms with Crippen LogP contribution in [0.15, 0.2) is 36.0 Å². The number of nitrogens with one attached hydrogen (secondary N) is 2. The first-order valence-corrected chi connectivity index (χ1v) is 6.29. The number of rotatable bonds is 4. The number of aliphatic hydroxyl groups excluding tert-OH is 1. The molecule has 0 aromatic rings. The lowest BCUT2D eigenvalue weighted by molar-refractivity contribution is 0.170. The summed E-state index contributed by atoms with van der Waals surface area (Å²) in [6.45, 7) is 0.774. The lowest BCUT2D eigenvalue weighted by atomic mass is 9.94. The van der Waals surface area contributed by atoms with Gasteiger partial charge in [0.25, 0.3) is 0 Å². The molecular weight excluding hydrogens is 212 g/mol. The first kappa shape index (κ1) is 12.3. The smallest absolute Gasteiger partial charge is 0.130 e. The highest BCUT2D eigenvalue weighted by atomic mass is 16.3. The van der Waals surface area contributed by atoms with Gasteiger partial charge >= 0.3 is 0 Å². The molecule has 2 aliphatic rings. The molecule has 0 aromatic heterocycles. The molecule has 17 heavy (non-hydrogen) atoms. The van der Waals surface area contributed by atoms with Crippen LogP contribution in [-0.2, 0) is 0 Å². The Labute approximate surface area is 102 Å². The Balaban J connectivity index is 1.78. The van der Waals surface area contributed by atoms with Gasteiger partial charge in [0.2, 0.25) is 0 Å². The van der Waals surface area contributed by atoms with Gasteiger partial charge in [-0.2, -0.15) is 0 Å².